The van der Waals surface area contributed by atoms with Crippen LogP contribution in [0.15, 0.2) is 11.6 Å². The fourth-order valence-corrected chi connectivity index (χ4v) is 7.24. The summed E-state index contributed by atoms with van der Waals surface area (Å²) in [5, 5.41) is 33.0. The number of Topliss-reactive ketones (excluding diaryl/α,β-unsaturated/α-hetero) is 1. The molecule has 0 aromatic heterocycles. The zero-order chi connectivity index (χ0) is 18.2. The van der Waals surface area contributed by atoms with Gasteiger partial charge >= 0.3 is 0 Å². The first kappa shape index (κ1) is 17.7. The summed E-state index contributed by atoms with van der Waals surface area (Å²) in [5.41, 5.74) is -0.454. The summed E-state index contributed by atoms with van der Waals surface area (Å²) in [6, 6.07) is 0. The molecule has 8 atom stereocenters. The van der Waals surface area contributed by atoms with Crippen molar-refractivity contribution in [3.63, 3.8) is 0 Å². The lowest BCUT2D eigenvalue weighted by molar-refractivity contribution is -0.224. The van der Waals surface area contributed by atoms with Crippen molar-refractivity contribution in [2.75, 3.05) is 0 Å². The average molecular weight is 348 g/mol. The van der Waals surface area contributed by atoms with Crippen LogP contribution in [0.5, 0.6) is 0 Å². The van der Waals surface area contributed by atoms with Crippen molar-refractivity contribution in [3.8, 4) is 0 Å². The number of rotatable bonds is 1. The molecule has 0 unspecified atom stereocenters. The van der Waals surface area contributed by atoms with Crippen LogP contribution in [-0.2, 0) is 4.79 Å². The minimum absolute atomic E-state index is 0.0471. The fraction of sp³-hybridized carbons (Fsp3) is 0.857. The van der Waals surface area contributed by atoms with Gasteiger partial charge in [-0.2, -0.15) is 0 Å². The van der Waals surface area contributed by atoms with E-state index in [4.69, 9.17) is 0 Å². The SMILES string of the molecule is CC(=O)[C@H]1CC[C@@]2(O)[C@@H]3CC=C4C[C@@H](O)CC[C@]4(C)[C@H]3C[C@@H](O)[C@]12C. The molecule has 3 fully saturated rings. The highest BCUT2D eigenvalue weighted by Crippen LogP contribution is 2.67. The van der Waals surface area contributed by atoms with Crippen LogP contribution in [0.25, 0.3) is 0 Å². The standard InChI is InChI=1S/C21H32O4/c1-12(22)15-7-9-21(25)16-5-4-13-10-14(23)6-8-19(13,2)17(16)11-18(24)20(15,21)3/h4,14-18,23-25H,5-11H2,1-3H3/t14-,15+,16+,17-,18+,19-,20-,21+/m0/s1. The Hall–Kier alpha value is -0.710. The molecule has 0 saturated heterocycles. The number of allylic oxidation sites excluding steroid dienone is 1. The number of carbonyl (C=O) groups is 1. The Bertz CT molecular complexity index is 627. The van der Waals surface area contributed by atoms with Crippen LogP contribution >= 0.6 is 0 Å². The summed E-state index contributed by atoms with van der Waals surface area (Å²) in [5.74, 6) is 0.155. The molecule has 4 nitrogen and oxygen atoms in total. The van der Waals surface area contributed by atoms with Crippen LogP contribution in [0, 0.1) is 28.6 Å². The lowest BCUT2D eigenvalue weighted by Crippen LogP contribution is -2.66. The van der Waals surface area contributed by atoms with Crippen molar-refractivity contribution in [2.45, 2.75) is 83.5 Å². The monoisotopic (exact) mass is 348 g/mol. The maximum Gasteiger partial charge on any atom is 0.133 e. The molecule has 4 heteroatoms. The van der Waals surface area contributed by atoms with Gasteiger partial charge in [0.25, 0.3) is 0 Å². The predicted molar refractivity (Wildman–Crippen MR) is 94.7 cm³/mol. The van der Waals surface area contributed by atoms with Crippen LogP contribution in [-0.4, -0.2) is 38.9 Å². The summed E-state index contributed by atoms with van der Waals surface area (Å²) in [6.45, 7) is 5.81. The highest BCUT2D eigenvalue weighted by molar-refractivity contribution is 5.80. The highest BCUT2D eigenvalue weighted by atomic mass is 16.3. The van der Waals surface area contributed by atoms with Gasteiger partial charge in [0, 0.05) is 11.3 Å². The van der Waals surface area contributed by atoms with Gasteiger partial charge < -0.3 is 15.3 Å². The molecule has 0 amide bonds. The minimum atomic E-state index is -0.979. The van der Waals surface area contributed by atoms with Gasteiger partial charge in [-0.15, -0.1) is 0 Å². The predicted octanol–water partition coefficient (Wildman–Crippen LogP) is 2.60. The lowest BCUT2D eigenvalue weighted by Gasteiger charge is -2.62. The summed E-state index contributed by atoms with van der Waals surface area (Å²) >= 11 is 0. The molecule has 140 valence electrons. The van der Waals surface area contributed by atoms with E-state index in [0.717, 1.165) is 25.7 Å². The van der Waals surface area contributed by atoms with Crippen LogP contribution < -0.4 is 0 Å². The van der Waals surface area contributed by atoms with E-state index in [0.29, 0.717) is 19.3 Å². The number of carbonyl (C=O) groups excluding carboxylic acids is 1. The zero-order valence-corrected chi connectivity index (χ0v) is 15.7. The molecular weight excluding hydrogens is 316 g/mol. The second-order valence-corrected chi connectivity index (χ2v) is 9.65. The van der Waals surface area contributed by atoms with Crippen LogP contribution in [0.3, 0.4) is 0 Å². The van der Waals surface area contributed by atoms with E-state index < -0.39 is 17.1 Å². The molecule has 4 aliphatic carbocycles. The van der Waals surface area contributed by atoms with E-state index in [1.165, 1.54) is 5.57 Å². The molecule has 25 heavy (non-hydrogen) atoms. The summed E-state index contributed by atoms with van der Waals surface area (Å²) < 4.78 is 0. The van der Waals surface area contributed by atoms with Crippen molar-refractivity contribution >= 4 is 5.78 Å². The van der Waals surface area contributed by atoms with Gasteiger partial charge in [-0.3, -0.25) is 4.79 Å². The first-order valence-electron chi connectivity index (χ1n) is 9.93. The van der Waals surface area contributed by atoms with Crippen molar-refractivity contribution in [1.82, 2.24) is 0 Å². The highest BCUT2D eigenvalue weighted by Gasteiger charge is 2.70. The van der Waals surface area contributed by atoms with E-state index in [1.807, 2.05) is 6.92 Å². The smallest absolute Gasteiger partial charge is 0.133 e. The molecule has 0 bridgehead atoms. The number of aliphatic hydroxyl groups is 3. The van der Waals surface area contributed by atoms with Crippen LogP contribution in [0.1, 0.15) is 65.7 Å². The molecule has 3 N–H and O–H groups in total. The number of hydrogen-bond acceptors (Lipinski definition) is 4. The Morgan fingerprint density at radius 2 is 1.88 bits per heavy atom. The number of hydrogen-bond donors (Lipinski definition) is 3. The Labute approximate surface area is 150 Å². The third-order valence-electron chi connectivity index (χ3n) is 8.85. The zero-order valence-electron chi connectivity index (χ0n) is 15.7. The molecule has 0 aromatic rings. The number of fused-ring (bicyclic) bond motifs is 5. The number of aliphatic hydroxyl groups excluding tert-OH is 2. The third-order valence-corrected chi connectivity index (χ3v) is 8.85. The second kappa shape index (κ2) is 5.40. The van der Waals surface area contributed by atoms with E-state index >= 15 is 0 Å². The average Bonchev–Trinajstić information content (AvgIpc) is 2.83. The largest absolute Gasteiger partial charge is 0.393 e. The molecule has 3 saturated carbocycles. The third kappa shape index (κ3) is 2.08. The molecule has 0 aromatic carbocycles. The van der Waals surface area contributed by atoms with Crippen molar-refractivity contribution in [1.29, 1.82) is 0 Å². The Balaban J connectivity index is 1.77. The molecule has 0 radical (unpaired) electrons. The van der Waals surface area contributed by atoms with E-state index in [2.05, 4.69) is 13.0 Å². The Morgan fingerprint density at radius 1 is 1.16 bits per heavy atom. The normalized spacial score (nSPS) is 55.0. The van der Waals surface area contributed by atoms with Gasteiger partial charge in [0.2, 0.25) is 0 Å². The maximum atomic E-state index is 12.2. The first-order chi connectivity index (χ1) is 11.6. The molecule has 4 rings (SSSR count). The fourth-order valence-electron chi connectivity index (χ4n) is 7.24. The Kier molecular flexibility index (Phi) is 3.82. The van der Waals surface area contributed by atoms with Crippen LogP contribution in [0.2, 0.25) is 0 Å². The van der Waals surface area contributed by atoms with Crippen LogP contribution in [0.4, 0.5) is 0 Å². The maximum absolute atomic E-state index is 12.2. The van der Waals surface area contributed by atoms with Gasteiger partial charge in [-0.05, 0) is 69.1 Å². The summed E-state index contributed by atoms with van der Waals surface area (Å²) in [6.07, 6.45) is 6.49. The van der Waals surface area contributed by atoms with Gasteiger partial charge in [0.1, 0.15) is 5.78 Å². The Morgan fingerprint density at radius 3 is 2.56 bits per heavy atom. The van der Waals surface area contributed by atoms with Gasteiger partial charge in [-0.25, -0.2) is 0 Å². The summed E-state index contributed by atoms with van der Waals surface area (Å²) in [7, 11) is 0. The van der Waals surface area contributed by atoms with E-state index in [1.54, 1.807) is 6.92 Å². The van der Waals surface area contributed by atoms with E-state index in [-0.39, 0.29) is 35.1 Å². The first-order valence-corrected chi connectivity index (χ1v) is 9.93. The van der Waals surface area contributed by atoms with Gasteiger partial charge in [0.05, 0.1) is 17.8 Å². The molecule has 4 aliphatic rings. The number of ketones is 1. The van der Waals surface area contributed by atoms with Crippen molar-refractivity contribution in [2.24, 2.45) is 28.6 Å². The van der Waals surface area contributed by atoms with E-state index in [9.17, 15) is 20.1 Å². The molecule has 0 spiro atoms. The summed E-state index contributed by atoms with van der Waals surface area (Å²) in [4.78, 5) is 12.2. The second-order valence-electron chi connectivity index (χ2n) is 9.65. The minimum Gasteiger partial charge on any atom is -0.393 e. The topological polar surface area (TPSA) is 77.8 Å². The van der Waals surface area contributed by atoms with Gasteiger partial charge in [0.15, 0.2) is 0 Å². The van der Waals surface area contributed by atoms with Crippen molar-refractivity contribution in [3.05, 3.63) is 11.6 Å². The quantitative estimate of drug-likeness (QED) is 0.637. The van der Waals surface area contributed by atoms with Gasteiger partial charge in [-0.1, -0.05) is 25.5 Å². The molecular formula is C21H32O4. The lowest BCUT2D eigenvalue weighted by atomic mass is 9.45. The molecule has 0 aliphatic heterocycles. The molecule has 0 heterocycles. The van der Waals surface area contributed by atoms with Crippen molar-refractivity contribution < 1.29 is 20.1 Å².